The molecule has 1 aliphatic rings. The van der Waals surface area contributed by atoms with E-state index in [1.807, 2.05) is 42.1 Å². The lowest BCUT2D eigenvalue weighted by atomic mass is 10.0. The molecule has 1 aliphatic heterocycles. The summed E-state index contributed by atoms with van der Waals surface area (Å²) in [5, 5.41) is 6.22. The summed E-state index contributed by atoms with van der Waals surface area (Å²) >= 11 is 0. The Hall–Kier alpha value is -1.80. The first-order valence-corrected chi connectivity index (χ1v) is 7.93. The number of nitrogens with zero attached hydrogens (tertiary/aromatic N) is 2. The first kappa shape index (κ1) is 22.2. The van der Waals surface area contributed by atoms with Gasteiger partial charge in [-0.15, -0.1) is 24.8 Å². The van der Waals surface area contributed by atoms with Crippen LogP contribution in [0.4, 0.5) is 0 Å². The molecule has 2 heterocycles. The molecule has 2 aromatic rings. The molecule has 1 aromatic heterocycles. The van der Waals surface area contributed by atoms with E-state index in [1.54, 1.807) is 13.3 Å². The monoisotopic (exact) mass is 402 g/mol. The molecular formula is C17H24Cl2N4O3. The Morgan fingerprint density at radius 2 is 2.19 bits per heavy atom. The highest BCUT2D eigenvalue weighted by Gasteiger charge is 2.28. The highest BCUT2D eigenvalue weighted by Crippen LogP contribution is 2.29. The van der Waals surface area contributed by atoms with E-state index in [0.29, 0.717) is 18.9 Å². The van der Waals surface area contributed by atoms with Crippen LogP contribution in [0.25, 0.3) is 0 Å². The van der Waals surface area contributed by atoms with Gasteiger partial charge in [0.15, 0.2) is 0 Å². The molecule has 2 N–H and O–H groups in total. The van der Waals surface area contributed by atoms with Crippen LogP contribution in [0.15, 0.2) is 36.7 Å². The van der Waals surface area contributed by atoms with Crippen LogP contribution in [0.2, 0.25) is 0 Å². The zero-order valence-electron chi connectivity index (χ0n) is 14.7. The van der Waals surface area contributed by atoms with Crippen molar-refractivity contribution in [3.05, 3.63) is 48.0 Å². The minimum absolute atomic E-state index is 0. The third kappa shape index (κ3) is 4.88. The Bertz CT molecular complexity index is 705. The number of halogens is 2. The van der Waals surface area contributed by atoms with Crippen molar-refractivity contribution >= 4 is 30.7 Å². The van der Waals surface area contributed by atoms with Gasteiger partial charge in [-0.3, -0.25) is 4.79 Å². The number of rotatable bonds is 5. The van der Waals surface area contributed by atoms with Gasteiger partial charge >= 0.3 is 0 Å². The van der Waals surface area contributed by atoms with Crippen molar-refractivity contribution in [1.29, 1.82) is 0 Å². The summed E-state index contributed by atoms with van der Waals surface area (Å²) in [5.74, 6) is 1.27. The summed E-state index contributed by atoms with van der Waals surface area (Å²) in [6.07, 6.45) is 3.06. The average molecular weight is 403 g/mol. The van der Waals surface area contributed by atoms with Gasteiger partial charge in [0.25, 0.3) is 5.91 Å². The Morgan fingerprint density at radius 1 is 1.42 bits per heavy atom. The summed E-state index contributed by atoms with van der Waals surface area (Å²) in [5.41, 5.74) is 0.853. The van der Waals surface area contributed by atoms with Crippen molar-refractivity contribution in [3.63, 3.8) is 0 Å². The van der Waals surface area contributed by atoms with Gasteiger partial charge in [-0.1, -0.05) is 18.2 Å². The molecule has 0 radical (unpaired) electrons. The number of hydrogen-bond acceptors (Lipinski definition) is 5. The van der Waals surface area contributed by atoms with E-state index in [1.165, 1.54) is 0 Å². The van der Waals surface area contributed by atoms with E-state index in [-0.39, 0.29) is 30.7 Å². The van der Waals surface area contributed by atoms with Gasteiger partial charge in [0, 0.05) is 38.1 Å². The number of benzene rings is 1. The molecule has 0 bridgehead atoms. The molecular weight excluding hydrogens is 379 g/mol. The van der Waals surface area contributed by atoms with Gasteiger partial charge in [0.2, 0.25) is 0 Å². The van der Waals surface area contributed by atoms with Gasteiger partial charge in [0.05, 0.1) is 13.7 Å². The predicted octanol–water partition coefficient (Wildman–Crippen LogP) is 1.47. The van der Waals surface area contributed by atoms with Gasteiger partial charge < -0.3 is 24.7 Å². The summed E-state index contributed by atoms with van der Waals surface area (Å²) in [7, 11) is 3.51. The number of amides is 1. The molecule has 2 unspecified atom stereocenters. The number of methoxy groups -OCH3 is 1. The lowest BCUT2D eigenvalue weighted by Crippen LogP contribution is -2.49. The number of carbonyl (C=O) groups is 1. The van der Waals surface area contributed by atoms with E-state index in [9.17, 15) is 4.79 Å². The third-order valence-corrected chi connectivity index (χ3v) is 4.07. The van der Waals surface area contributed by atoms with Gasteiger partial charge in [-0.05, 0) is 6.07 Å². The normalized spacial score (nSPS) is 17.4. The van der Waals surface area contributed by atoms with Crippen molar-refractivity contribution in [2.45, 2.75) is 12.1 Å². The van der Waals surface area contributed by atoms with Crippen molar-refractivity contribution in [2.75, 3.05) is 26.8 Å². The molecule has 1 aromatic carbocycles. The number of morpholine rings is 1. The van der Waals surface area contributed by atoms with Crippen molar-refractivity contribution in [1.82, 2.24) is 20.2 Å². The van der Waals surface area contributed by atoms with Crippen molar-refractivity contribution < 1.29 is 14.3 Å². The van der Waals surface area contributed by atoms with E-state index in [2.05, 4.69) is 15.6 Å². The van der Waals surface area contributed by atoms with Gasteiger partial charge in [0.1, 0.15) is 23.7 Å². The maximum absolute atomic E-state index is 12.6. The number of imidazole rings is 1. The summed E-state index contributed by atoms with van der Waals surface area (Å²) in [6, 6.07) is 7.19. The van der Waals surface area contributed by atoms with Crippen LogP contribution in [0.5, 0.6) is 5.75 Å². The van der Waals surface area contributed by atoms with E-state index < -0.39 is 12.1 Å². The fourth-order valence-corrected chi connectivity index (χ4v) is 2.81. The number of ether oxygens (including phenoxy) is 2. The van der Waals surface area contributed by atoms with Crippen LogP contribution in [-0.4, -0.2) is 48.4 Å². The predicted molar refractivity (Wildman–Crippen MR) is 103 cm³/mol. The van der Waals surface area contributed by atoms with Gasteiger partial charge in [-0.25, -0.2) is 4.98 Å². The van der Waals surface area contributed by atoms with Crippen LogP contribution in [-0.2, 0) is 16.6 Å². The molecule has 0 spiro atoms. The third-order valence-electron chi connectivity index (χ3n) is 4.07. The number of para-hydroxylation sites is 1. The lowest BCUT2D eigenvalue weighted by Gasteiger charge is -2.26. The second-order valence-electron chi connectivity index (χ2n) is 5.64. The van der Waals surface area contributed by atoms with Crippen LogP contribution in [0.1, 0.15) is 17.4 Å². The smallest absolute Gasteiger partial charge is 0.251 e. The Labute approximate surface area is 165 Å². The Kier molecular flexibility index (Phi) is 8.87. The van der Waals surface area contributed by atoms with Crippen LogP contribution < -0.4 is 15.4 Å². The van der Waals surface area contributed by atoms with E-state index in [4.69, 9.17) is 9.47 Å². The zero-order valence-corrected chi connectivity index (χ0v) is 16.3. The first-order chi connectivity index (χ1) is 11.7. The van der Waals surface area contributed by atoms with Crippen LogP contribution in [0.3, 0.4) is 0 Å². The van der Waals surface area contributed by atoms with E-state index >= 15 is 0 Å². The highest BCUT2D eigenvalue weighted by molar-refractivity contribution is 5.85. The standard InChI is InChI=1S/C17H22N4O3.2ClH/c1-21-9-7-19-16(21)15(12-5-3-4-6-13(12)23-2)20-17(22)14-11-18-8-10-24-14;;/h3-7,9,14-15,18H,8,10-11H2,1-2H3,(H,20,22);2*1H. The molecule has 0 saturated carbocycles. The Morgan fingerprint density at radius 3 is 2.81 bits per heavy atom. The number of aryl methyl sites for hydroxylation is 1. The molecule has 26 heavy (non-hydrogen) atoms. The highest BCUT2D eigenvalue weighted by atomic mass is 35.5. The zero-order chi connectivity index (χ0) is 16.9. The molecule has 3 rings (SSSR count). The number of nitrogens with one attached hydrogen (secondary N) is 2. The molecule has 2 atom stereocenters. The quantitative estimate of drug-likeness (QED) is 0.791. The van der Waals surface area contributed by atoms with Crippen LogP contribution >= 0.6 is 24.8 Å². The SMILES string of the molecule is COc1ccccc1C(NC(=O)C1CNCCO1)c1nccn1C.Cl.Cl. The summed E-state index contributed by atoms with van der Waals surface area (Å²) in [4.78, 5) is 17.0. The maximum Gasteiger partial charge on any atom is 0.251 e. The van der Waals surface area contributed by atoms with E-state index in [0.717, 1.165) is 17.9 Å². The second-order valence-corrected chi connectivity index (χ2v) is 5.64. The maximum atomic E-state index is 12.6. The average Bonchev–Trinajstić information content (AvgIpc) is 3.06. The lowest BCUT2D eigenvalue weighted by molar-refractivity contribution is -0.134. The summed E-state index contributed by atoms with van der Waals surface area (Å²) < 4.78 is 12.9. The van der Waals surface area contributed by atoms with Crippen LogP contribution in [0, 0.1) is 0 Å². The molecule has 0 aliphatic carbocycles. The van der Waals surface area contributed by atoms with Crippen molar-refractivity contribution in [3.8, 4) is 5.75 Å². The molecule has 7 nitrogen and oxygen atoms in total. The minimum Gasteiger partial charge on any atom is -0.496 e. The molecule has 144 valence electrons. The topological polar surface area (TPSA) is 77.4 Å². The van der Waals surface area contributed by atoms with Gasteiger partial charge in [-0.2, -0.15) is 0 Å². The Balaban J connectivity index is 0.00000169. The fourth-order valence-electron chi connectivity index (χ4n) is 2.81. The first-order valence-electron chi connectivity index (χ1n) is 7.93. The second kappa shape index (κ2) is 10.4. The number of aromatic nitrogens is 2. The minimum atomic E-state index is -0.503. The summed E-state index contributed by atoms with van der Waals surface area (Å²) in [6.45, 7) is 1.80. The molecule has 1 saturated heterocycles. The van der Waals surface area contributed by atoms with Crippen molar-refractivity contribution in [2.24, 2.45) is 7.05 Å². The molecule has 1 fully saturated rings. The number of carbonyl (C=O) groups excluding carboxylic acids is 1. The molecule has 1 amide bonds. The number of hydrogen-bond donors (Lipinski definition) is 2. The fraction of sp³-hybridized carbons (Fsp3) is 0.412. The molecule has 9 heteroatoms. The largest absolute Gasteiger partial charge is 0.496 e.